The van der Waals surface area contributed by atoms with Crippen LogP contribution in [0.25, 0.3) is 0 Å². The second-order valence-corrected chi connectivity index (χ2v) is 10.0. The summed E-state index contributed by atoms with van der Waals surface area (Å²) in [6.45, 7) is 4.53. The van der Waals surface area contributed by atoms with E-state index in [0.29, 0.717) is 6.61 Å². The molecular weight excluding hydrogens is 444 g/mol. The highest BCUT2D eigenvalue weighted by atomic mass is 32.3. The van der Waals surface area contributed by atoms with Gasteiger partial charge in [0, 0.05) is 13.0 Å². The Balaban J connectivity index is 3.93. The summed E-state index contributed by atoms with van der Waals surface area (Å²) in [5.41, 5.74) is 0. The van der Waals surface area contributed by atoms with Crippen LogP contribution in [0.2, 0.25) is 0 Å². The molecule has 0 spiro atoms. The fraction of sp³-hybridized carbons (Fsp3) is 0.960. The summed E-state index contributed by atoms with van der Waals surface area (Å²) in [7, 11) is -4.59. The predicted octanol–water partition coefficient (Wildman–Crippen LogP) is 6.80. The van der Waals surface area contributed by atoms with Crippen LogP contribution in [0.3, 0.4) is 0 Å². The van der Waals surface area contributed by atoms with Gasteiger partial charge in [-0.3, -0.25) is 9.35 Å². The fourth-order valence-corrected chi connectivity index (χ4v) is 3.98. The molecule has 8 heteroatoms. The molecule has 0 amide bonds. The first-order chi connectivity index (χ1) is 15.9. The molecule has 0 rings (SSSR count). The molecule has 0 heterocycles. The molecule has 1 atom stereocenters. The van der Waals surface area contributed by atoms with Crippen LogP contribution in [-0.4, -0.2) is 44.9 Å². The second kappa shape index (κ2) is 23.1. The van der Waals surface area contributed by atoms with E-state index < -0.39 is 29.1 Å². The maximum atomic E-state index is 12.1. The summed E-state index contributed by atoms with van der Waals surface area (Å²) in [4.78, 5) is 12.1. The zero-order valence-corrected chi connectivity index (χ0v) is 22.0. The third-order valence-corrected chi connectivity index (χ3v) is 6.07. The number of carbonyl (C=O) groups excluding carboxylic acids is 1. The van der Waals surface area contributed by atoms with Crippen LogP contribution >= 0.6 is 0 Å². The van der Waals surface area contributed by atoms with Crippen LogP contribution < -0.4 is 0 Å². The monoisotopic (exact) mass is 494 g/mol. The summed E-state index contributed by atoms with van der Waals surface area (Å²) in [6.07, 6.45) is 19.4. The standard InChI is InChI=1S/C25H50O7S/c1-3-5-7-9-11-12-13-14-15-16-18-20-25(26)32-24(23-31-33(27,28)29)22-30-21-19-17-10-8-6-4-2/h24H,3-23H2,1-2H3,(H,27,28,29). The first-order valence-electron chi connectivity index (χ1n) is 13.3. The van der Waals surface area contributed by atoms with E-state index in [0.717, 1.165) is 32.1 Å². The SMILES string of the molecule is CCCCCCCCCCCCCC(=O)OC(COCCCCCCCC)COS(=O)(=O)O. The van der Waals surface area contributed by atoms with Crippen LogP contribution in [0.15, 0.2) is 0 Å². The average Bonchev–Trinajstić information content (AvgIpc) is 2.76. The molecule has 0 aliphatic carbocycles. The van der Waals surface area contributed by atoms with Gasteiger partial charge in [-0.1, -0.05) is 110 Å². The molecule has 198 valence electrons. The fourth-order valence-electron chi connectivity index (χ4n) is 3.66. The molecule has 1 N–H and O–H groups in total. The van der Waals surface area contributed by atoms with Crippen LogP contribution in [0.1, 0.15) is 129 Å². The van der Waals surface area contributed by atoms with E-state index in [1.165, 1.54) is 77.0 Å². The predicted molar refractivity (Wildman–Crippen MR) is 133 cm³/mol. The Bertz CT molecular complexity index is 537. The molecule has 0 bridgehead atoms. The number of ether oxygens (including phenoxy) is 2. The lowest BCUT2D eigenvalue weighted by Crippen LogP contribution is -2.30. The molecule has 0 aromatic rings. The van der Waals surface area contributed by atoms with Gasteiger partial charge in [0.2, 0.25) is 0 Å². The minimum Gasteiger partial charge on any atom is -0.457 e. The van der Waals surface area contributed by atoms with Gasteiger partial charge in [-0.15, -0.1) is 0 Å². The molecule has 0 radical (unpaired) electrons. The maximum Gasteiger partial charge on any atom is 0.397 e. The molecule has 0 aromatic heterocycles. The molecule has 7 nitrogen and oxygen atoms in total. The first-order valence-corrected chi connectivity index (χ1v) is 14.6. The van der Waals surface area contributed by atoms with Crippen LogP contribution in [0.5, 0.6) is 0 Å². The van der Waals surface area contributed by atoms with Gasteiger partial charge in [0.15, 0.2) is 0 Å². The normalized spacial score (nSPS) is 12.7. The molecule has 0 saturated heterocycles. The number of rotatable bonds is 25. The Morgan fingerprint density at radius 2 is 1.15 bits per heavy atom. The summed E-state index contributed by atoms with van der Waals surface area (Å²) >= 11 is 0. The van der Waals surface area contributed by atoms with Crippen molar-refractivity contribution in [2.24, 2.45) is 0 Å². The van der Waals surface area contributed by atoms with Gasteiger partial charge in [-0.25, -0.2) is 4.18 Å². The van der Waals surface area contributed by atoms with Crippen molar-refractivity contribution < 1.29 is 31.4 Å². The number of carbonyl (C=O) groups is 1. The van der Waals surface area contributed by atoms with E-state index in [4.69, 9.17) is 14.0 Å². The Kier molecular flexibility index (Phi) is 22.6. The van der Waals surface area contributed by atoms with E-state index in [2.05, 4.69) is 18.0 Å². The highest BCUT2D eigenvalue weighted by Gasteiger charge is 2.18. The number of esters is 1. The van der Waals surface area contributed by atoms with Crippen molar-refractivity contribution in [3.05, 3.63) is 0 Å². The number of unbranched alkanes of at least 4 members (excludes halogenated alkanes) is 15. The van der Waals surface area contributed by atoms with Crippen LogP contribution in [-0.2, 0) is 28.9 Å². The van der Waals surface area contributed by atoms with Gasteiger partial charge in [0.05, 0.1) is 6.61 Å². The maximum absolute atomic E-state index is 12.1. The van der Waals surface area contributed by atoms with Crippen molar-refractivity contribution in [2.45, 2.75) is 136 Å². The van der Waals surface area contributed by atoms with Gasteiger partial charge in [-0.2, -0.15) is 8.42 Å². The summed E-state index contributed by atoms with van der Waals surface area (Å²) in [6, 6.07) is 0. The molecule has 0 aromatic carbocycles. The first kappa shape index (κ1) is 32.3. The molecular formula is C25H50O7S. The van der Waals surface area contributed by atoms with Crippen LogP contribution in [0.4, 0.5) is 0 Å². The molecule has 0 aliphatic rings. The largest absolute Gasteiger partial charge is 0.457 e. The molecule has 0 fully saturated rings. The minimum atomic E-state index is -4.59. The summed E-state index contributed by atoms with van der Waals surface area (Å²) in [5.74, 6) is -0.391. The highest BCUT2D eigenvalue weighted by Crippen LogP contribution is 2.13. The van der Waals surface area contributed by atoms with Crippen molar-refractivity contribution in [2.75, 3.05) is 19.8 Å². The smallest absolute Gasteiger partial charge is 0.397 e. The van der Waals surface area contributed by atoms with Gasteiger partial charge in [-0.05, 0) is 12.8 Å². The zero-order valence-electron chi connectivity index (χ0n) is 21.2. The quantitative estimate of drug-likeness (QED) is 0.0846. The minimum absolute atomic E-state index is 0.0501. The van der Waals surface area contributed by atoms with Gasteiger partial charge >= 0.3 is 16.4 Å². The lowest BCUT2D eigenvalue weighted by Gasteiger charge is -2.17. The van der Waals surface area contributed by atoms with E-state index in [9.17, 15) is 13.2 Å². The molecule has 1 unspecified atom stereocenters. The Labute approximate surface area is 203 Å². The summed E-state index contributed by atoms with van der Waals surface area (Å²) < 4.78 is 45.8. The molecule has 0 aliphatic heterocycles. The van der Waals surface area contributed by atoms with Gasteiger partial charge in [0.25, 0.3) is 0 Å². The van der Waals surface area contributed by atoms with Crippen molar-refractivity contribution in [1.29, 1.82) is 0 Å². The summed E-state index contributed by atoms with van der Waals surface area (Å²) in [5, 5.41) is 0. The Hall–Kier alpha value is -0.700. The third kappa shape index (κ3) is 25.8. The van der Waals surface area contributed by atoms with E-state index in [-0.39, 0.29) is 13.0 Å². The van der Waals surface area contributed by atoms with E-state index >= 15 is 0 Å². The lowest BCUT2D eigenvalue weighted by molar-refractivity contribution is -0.154. The van der Waals surface area contributed by atoms with E-state index in [1.54, 1.807) is 0 Å². The topological polar surface area (TPSA) is 99.1 Å². The van der Waals surface area contributed by atoms with Crippen LogP contribution in [0, 0.1) is 0 Å². The Morgan fingerprint density at radius 3 is 1.64 bits per heavy atom. The van der Waals surface area contributed by atoms with Gasteiger partial charge < -0.3 is 9.47 Å². The molecule has 33 heavy (non-hydrogen) atoms. The van der Waals surface area contributed by atoms with Crippen molar-refractivity contribution in [1.82, 2.24) is 0 Å². The highest BCUT2D eigenvalue weighted by molar-refractivity contribution is 7.80. The average molecular weight is 495 g/mol. The number of hydrogen-bond donors (Lipinski definition) is 1. The second-order valence-electron chi connectivity index (χ2n) is 8.95. The van der Waals surface area contributed by atoms with Crippen molar-refractivity contribution >= 4 is 16.4 Å². The van der Waals surface area contributed by atoms with E-state index in [1.807, 2.05) is 0 Å². The third-order valence-electron chi connectivity index (χ3n) is 5.63. The Morgan fingerprint density at radius 1 is 0.697 bits per heavy atom. The molecule has 0 saturated carbocycles. The van der Waals surface area contributed by atoms with Crippen molar-refractivity contribution in [3.8, 4) is 0 Å². The van der Waals surface area contributed by atoms with Crippen molar-refractivity contribution in [3.63, 3.8) is 0 Å². The lowest BCUT2D eigenvalue weighted by atomic mass is 10.1. The zero-order chi connectivity index (χ0) is 24.6. The van der Waals surface area contributed by atoms with Gasteiger partial charge in [0.1, 0.15) is 12.7 Å². The number of hydrogen-bond acceptors (Lipinski definition) is 6.